The summed E-state index contributed by atoms with van der Waals surface area (Å²) in [6, 6.07) is 24.7. The Morgan fingerprint density at radius 1 is 0.766 bits per heavy atom. The number of hydrogen-bond donors (Lipinski definition) is 2. The Morgan fingerprint density at radius 2 is 1.47 bits per heavy atom. The number of rotatable bonds is 10. The molecule has 3 heterocycles. The molecule has 1 saturated heterocycles. The first-order chi connectivity index (χ1) is 30.3. The molecule has 0 radical (unpaired) electrons. The third-order valence-electron chi connectivity index (χ3n) is 9.59. The van der Waals surface area contributed by atoms with Crippen molar-refractivity contribution in [2.75, 3.05) is 28.6 Å². The van der Waals surface area contributed by atoms with Gasteiger partial charge in [0.15, 0.2) is 0 Å². The van der Waals surface area contributed by atoms with Crippen molar-refractivity contribution in [1.82, 2.24) is 29.7 Å². The van der Waals surface area contributed by atoms with Gasteiger partial charge in [-0.05, 0) is 124 Å². The summed E-state index contributed by atoms with van der Waals surface area (Å²) in [6.07, 6.45) is -0.227. The van der Waals surface area contributed by atoms with Gasteiger partial charge in [0.2, 0.25) is 5.91 Å². The minimum atomic E-state index is -1.24. The van der Waals surface area contributed by atoms with Crippen LogP contribution in [0.1, 0.15) is 57.6 Å². The van der Waals surface area contributed by atoms with E-state index in [0.717, 1.165) is 4.57 Å². The molecule has 19 heteroatoms. The zero-order valence-electron chi connectivity index (χ0n) is 35.7. The van der Waals surface area contributed by atoms with E-state index in [0.29, 0.717) is 38.6 Å². The minimum absolute atomic E-state index is 0.0201. The van der Waals surface area contributed by atoms with Crippen LogP contribution < -0.4 is 20.3 Å². The highest BCUT2D eigenvalue weighted by molar-refractivity contribution is 6.41. The zero-order valence-corrected chi connectivity index (χ0v) is 36.5. The molecular formula is C45H44ClN9O9. The SMILES string of the molecule is CC(C)(C)OC(=O)c1cc2cc(NC(=O)C(Cc3ccc(NC(=O)Oc4ccccc4)cc3)N3CCN(c4cc(Cl)ccc4-n4cnnn4)C(=O)C3=O)ccc2n1C(=O)OC(C)(C)C. The number of para-hydroxylation sites is 1. The second-order valence-electron chi connectivity index (χ2n) is 16.7. The van der Waals surface area contributed by atoms with Crippen LogP contribution in [0.2, 0.25) is 5.02 Å². The molecule has 18 nitrogen and oxygen atoms in total. The fourth-order valence-electron chi connectivity index (χ4n) is 6.89. The molecule has 2 aromatic heterocycles. The van der Waals surface area contributed by atoms with Gasteiger partial charge in [0, 0.05) is 41.3 Å². The maximum Gasteiger partial charge on any atom is 0.419 e. The molecule has 1 atom stereocenters. The van der Waals surface area contributed by atoms with Gasteiger partial charge < -0.3 is 29.3 Å². The van der Waals surface area contributed by atoms with Crippen LogP contribution in [-0.2, 0) is 30.3 Å². The number of piperazine rings is 1. The normalized spacial score (nSPS) is 13.7. The quantitative estimate of drug-likeness (QED) is 0.105. The number of benzene rings is 4. The fraction of sp³-hybridized carbons (Fsp3) is 0.267. The Labute approximate surface area is 372 Å². The van der Waals surface area contributed by atoms with Gasteiger partial charge in [-0.15, -0.1) is 5.10 Å². The summed E-state index contributed by atoms with van der Waals surface area (Å²) >= 11 is 6.35. The average Bonchev–Trinajstić information content (AvgIpc) is 3.90. The molecule has 0 saturated carbocycles. The highest BCUT2D eigenvalue weighted by atomic mass is 35.5. The van der Waals surface area contributed by atoms with Crippen molar-refractivity contribution in [3.63, 3.8) is 0 Å². The molecule has 64 heavy (non-hydrogen) atoms. The fourth-order valence-corrected chi connectivity index (χ4v) is 7.06. The van der Waals surface area contributed by atoms with Crippen LogP contribution in [0.15, 0.2) is 103 Å². The number of halogens is 1. The molecule has 1 aliphatic rings. The van der Waals surface area contributed by atoms with Gasteiger partial charge in [-0.25, -0.2) is 19.0 Å². The number of anilines is 3. The van der Waals surface area contributed by atoms with Crippen LogP contribution in [0, 0.1) is 0 Å². The van der Waals surface area contributed by atoms with Crippen molar-refractivity contribution in [3.05, 3.63) is 120 Å². The first-order valence-electron chi connectivity index (χ1n) is 20.0. The molecular weight excluding hydrogens is 846 g/mol. The molecule has 4 aromatic carbocycles. The van der Waals surface area contributed by atoms with Crippen LogP contribution in [0.4, 0.5) is 26.7 Å². The van der Waals surface area contributed by atoms with E-state index >= 15 is 0 Å². The van der Waals surface area contributed by atoms with Crippen LogP contribution in [0.5, 0.6) is 5.75 Å². The number of esters is 1. The third-order valence-corrected chi connectivity index (χ3v) is 9.83. The Morgan fingerprint density at radius 3 is 2.14 bits per heavy atom. The molecule has 0 spiro atoms. The molecule has 2 N–H and O–H groups in total. The summed E-state index contributed by atoms with van der Waals surface area (Å²) in [4.78, 5) is 84.6. The van der Waals surface area contributed by atoms with Gasteiger partial charge in [-0.2, -0.15) is 4.68 Å². The maximum atomic E-state index is 14.5. The first kappa shape index (κ1) is 44.5. The average molecular weight is 890 g/mol. The Bertz CT molecular complexity index is 2740. The molecule has 330 valence electrons. The lowest BCUT2D eigenvalue weighted by atomic mass is 10.0. The number of carbonyl (C=O) groups excluding carboxylic acids is 6. The van der Waals surface area contributed by atoms with Gasteiger partial charge in [0.25, 0.3) is 0 Å². The van der Waals surface area contributed by atoms with E-state index in [1.807, 2.05) is 0 Å². The van der Waals surface area contributed by atoms with Crippen LogP contribution in [-0.4, -0.2) is 95.9 Å². The van der Waals surface area contributed by atoms with E-state index in [2.05, 4.69) is 26.2 Å². The monoisotopic (exact) mass is 889 g/mol. The lowest BCUT2D eigenvalue weighted by molar-refractivity contribution is -0.149. The lowest BCUT2D eigenvalue weighted by Gasteiger charge is -2.38. The molecule has 0 bridgehead atoms. The summed E-state index contributed by atoms with van der Waals surface area (Å²) in [6.45, 7) is 10.1. The van der Waals surface area contributed by atoms with Gasteiger partial charge in [-0.1, -0.05) is 41.9 Å². The standard InChI is InChI=1S/C45H44ClN9O9/c1-44(2,3)63-41(59)37-24-28-23-31(17-19-33(28)55(37)43(61)64-45(4,5)6)48-38(56)36(22-27-12-15-30(16-13-27)49-42(60)62-32-10-8-7-9-11-32)53-21-20-52(39(57)40(53)58)35-25-29(46)14-18-34(35)54-26-47-50-51-54/h7-19,23-26,36H,20-22H2,1-6H3,(H,48,56)(H,49,60). The Hall–Kier alpha value is -7.60. The topological polar surface area (TPSA) is 209 Å². The molecule has 1 fully saturated rings. The predicted octanol–water partition coefficient (Wildman–Crippen LogP) is 7.05. The van der Waals surface area contributed by atoms with E-state index in [1.165, 1.54) is 39.0 Å². The first-order valence-corrected chi connectivity index (χ1v) is 20.4. The zero-order chi connectivity index (χ0) is 45.9. The van der Waals surface area contributed by atoms with Gasteiger partial charge in [0.1, 0.15) is 35.0 Å². The van der Waals surface area contributed by atoms with Crippen LogP contribution in [0.3, 0.4) is 0 Å². The van der Waals surface area contributed by atoms with Crippen LogP contribution in [0.25, 0.3) is 16.6 Å². The number of fused-ring (bicyclic) bond motifs is 1. The number of ether oxygens (including phenoxy) is 3. The third kappa shape index (κ3) is 10.4. The van der Waals surface area contributed by atoms with Gasteiger partial charge in [-0.3, -0.25) is 19.7 Å². The molecule has 4 amide bonds. The highest BCUT2D eigenvalue weighted by Crippen LogP contribution is 2.31. The lowest BCUT2D eigenvalue weighted by Crippen LogP contribution is -2.60. The number of nitrogens with zero attached hydrogens (tertiary/aromatic N) is 7. The second-order valence-corrected chi connectivity index (χ2v) is 17.1. The van der Waals surface area contributed by atoms with Crippen molar-refractivity contribution in [2.24, 2.45) is 0 Å². The minimum Gasteiger partial charge on any atom is -0.455 e. The van der Waals surface area contributed by atoms with E-state index in [9.17, 15) is 28.8 Å². The highest BCUT2D eigenvalue weighted by Gasteiger charge is 2.41. The van der Waals surface area contributed by atoms with Crippen LogP contribution >= 0.6 is 11.6 Å². The number of aromatic nitrogens is 5. The molecule has 6 aromatic rings. The summed E-state index contributed by atoms with van der Waals surface area (Å²) in [7, 11) is 0. The Kier molecular flexibility index (Phi) is 12.5. The molecule has 1 unspecified atom stereocenters. The summed E-state index contributed by atoms with van der Waals surface area (Å²) in [5.74, 6) is -2.92. The van der Waals surface area contributed by atoms with Crippen molar-refractivity contribution in [3.8, 4) is 11.4 Å². The van der Waals surface area contributed by atoms with Gasteiger partial charge >= 0.3 is 30.0 Å². The van der Waals surface area contributed by atoms with Crippen molar-refractivity contribution < 1.29 is 43.0 Å². The molecule has 1 aliphatic heterocycles. The summed E-state index contributed by atoms with van der Waals surface area (Å²) < 4.78 is 19.0. The molecule has 7 rings (SSSR count). The van der Waals surface area contributed by atoms with E-state index in [-0.39, 0.29) is 36.6 Å². The predicted molar refractivity (Wildman–Crippen MR) is 236 cm³/mol. The van der Waals surface area contributed by atoms with E-state index in [4.69, 9.17) is 25.8 Å². The summed E-state index contributed by atoms with van der Waals surface area (Å²) in [5, 5.41) is 17.5. The number of nitrogens with one attached hydrogen (secondary N) is 2. The second kappa shape index (κ2) is 18.0. The Balaban J connectivity index is 1.18. The smallest absolute Gasteiger partial charge is 0.419 e. The maximum absolute atomic E-state index is 14.5. The van der Waals surface area contributed by atoms with E-state index < -0.39 is 53.1 Å². The van der Waals surface area contributed by atoms with Crippen molar-refractivity contribution in [2.45, 2.75) is 65.2 Å². The summed E-state index contributed by atoms with van der Waals surface area (Å²) in [5.41, 5.74) is 0.398. The largest absolute Gasteiger partial charge is 0.455 e. The van der Waals surface area contributed by atoms with E-state index in [1.54, 1.807) is 120 Å². The van der Waals surface area contributed by atoms with Crippen molar-refractivity contribution in [1.29, 1.82) is 0 Å². The number of hydrogen-bond acceptors (Lipinski definition) is 12. The number of amides is 4. The van der Waals surface area contributed by atoms with Gasteiger partial charge in [0.05, 0.1) is 16.9 Å². The molecule has 0 aliphatic carbocycles. The number of carbonyl (C=O) groups is 6. The number of tetrazole rings is 1. The van der Waals surface area contributed by atoms with Crippen molar-refractivity contribution >= 4 is 75.4 Å².